The minimum absolute atomic E-state index is 0.0110. The van der Waals surface area contributed by atoms with Gasteiger partial charge in [-0.2, -0.15) is 0 Å². The van der Waals surface area contributed by atoms with Crippen LogP contribution >= 0.6 is 35.7 Å². The van der Waals surface area contributed by atoms with E-state index in [1.807, 2.05) is 30.9 Å². The molecular formula is C22H34N2O3S3. The molecular weight excluding hydrogens is 436 g/mol. The van der Waals surface area contributed by atoms with Gasteiger partial charge in [0.2, 0.25) is 0 Å². The number of aromatic amines is 2. The van der Waals surface area contributed by atoms with E-state index in [4.69, 9.17) is 21.7 Å². The van der Waals surface area contributed by atoms with Gasteiger partial charge < -0.3 is 19.4 Å². The van der Waals surface area contributed by atoms with Crippen molar-refractivity contribution in [1.29, 1.82) is 0 Å². The van der Waals surface area contributed by atoms with Crippen LogP contribution in [0.5, 0.6) is 0 Å². The van der Waals surface area contributed by atoms with E-state index in [-0.39, 0.29) is 5.56 Å². The summed E-state index contributed by atoms with van der Waals surface area (Å²) in [6.45, 7) is 5.59. The summed E-state index contributed by atoms with van der Waals surface area (Å²) in [5.41, 5.74) is 2.01. The first kappa shape index (κ1) is 27.0. The third kappa shape index (κ3) is 10.8. The fourth-order valence-corrected chi connectivity index (χ4v) is 4.79. The lowest BCUT2D eigenvalue weighted by Gasteiger charge is -2.04. The number of aromatic nitrogens is 2. The lowest BCUT2D eigenvalue weighted by molar-refractivity contribution is 0.194. The number of hydrogen-bond acceptors (Lipinski definition) is 6. The van der Waals surface area contributed by atoms with Crippen LogP contribution in [0.1, 0.15) is 36.8 Å². The van der Waals surface area contributed by atoms with Gasteiger partial charge in [0.05, 0.1) is 0 Å². The zero-order valence-corrected chi connectivity index (χ0v) is 20.9. The largest absolute Gasteiger partial charge is 0.385 e. The Balaban J connectivity index is 0.000000300. The average Bonchev–Trinajstić information content (AvgIpc) is 2.74. The Labute approximate surface area is 193 Å². The van der Waals surface area contributed by atoms with E-state index < -0.39 is 0 Å². The molecule has 0 amide bonds. The van der Waals surface area contributed by atoms with E-state index in [1.165, 1.54) is 16.9 Å². The van der Waals surface area contributed by atoms with Gasteiger partial charge in [0, 0.05) is 55.2 Å². The maximum atomic E-state index is 11.3. The summed E-state index contributed by atoms with van der Waals surface area (Å²) in [6.07, 6.45) is 8.11. The van der Waals surface area contributed by atoms with Gasteiger partial charge in [0.15, 0.2) is 0 Å². The van der Waals surface area contributed by atoms with Gasteiger partial charge in [-0.25, -0.2) is 0 Å². The van der Waals surface area contributed by atoms with Crippen molar-refractivity contribution in [3.8, 4) is 0 Å². The summed E-state index contributed by atoms with van der Waals surface area (Å²) in [5.74, 6) is 2.16. The van der Waals surface area contributed by atoms with E-state index in [0.29, 0.717) is 0 Å². The van der Waals surface area contributed by atoms with Crippen LogP contribution in [0.2, 0.25) is 0 Å². The maximum Gasteiger partial charge on any atom is 0.251 e. The fourth-order valence-electron chi connectivity index (χ4n) is 2.45. The lowest BCUT2D eigenvalue weighted by atomic mass is 10.3. The lowest BCUT2D eigenvalue weighted by Crippen LogP contribution is -2.08. The van der Waals surface area contributed by atoms with Crippen LogP contribution in [0.4, 0.5) is 0 Å². The predicted octanol–water partition coefficient (Wildman–Crippen LogP) is 5.77. The molecule has 5 nitrogen and oxygen atoms in total. The van der Waals surface area contributed by atoms with Crippen molar-refractivity contribution in [3.05, 3.63) is 50.6 Å². The Morgan fingerprint density at radius 3 is 1.87 bits per heavy atom. The van der Waals surface area contributed by atoms with Crippen LogP contribution in [0, 0.1) is 18.5 Å². The monoisotopic (exact) mass is 470 g/mol. The van der Waals surface area contributed by atoms with E-state index >= 15 is 0 Å². The van der Waals surface area contributed by atoms with Crippen molar-refractivity contribution in [1.82, 2.24) is 9.97 Å². The molecule has 0 bridgehead atoms. The average molecular weight is 471 g/mol. The fraction of sp³-hybridized carbons (Fsp3) is 0.545. The van der Waals surface area contributed by atoms with Gasteiger partial charge in [-0.1, -0.05) is 12.2 Å². The van der Waals surface area contributed by atoms with Crippen molar-refractivity contribution in [2.75, 3.05) is 38.9 Å². The van der Waals surface area contributed by atoms with Gasteiger partial charge in [0.1, 0.15) is 4.64 Å². The number of rotatable bonds is 12. The molecule has 8 heteroatoms. The van der Waals surface area contributed by atoms with Crippen LogP contribution in [0.15, 0.2) is 39.1 Å². The van der Waals surface area contributed by atoms with Crippen molar-refractivity contribution >= 4 is 35.7 Å². The number of pyridine rings is 2. The second-order valence-corrected chi connectivity index (χ2v) is 9.37. The third-order valence-electron chi connectivity index (χ3n) is 4.32. The van der Waals surface area contributed by atoms with Gasteiger partial charge >= 0.3 is 0 Å². The summed E-state index contributed by atoms with van der Waals surface area (Å²) < 4.78 is 10.8. The number of ether oxygens (including phenoxy) is 2. The highest BCUT2D eigenvalue weighted by molar-refractivity contribution is 7.99. The zero-order chi connectivity index (χ0) is 22.2. The summed E-state index contributed by atoms with van der Waals surface area (Å²) in [4.78, 5) is 19.3. The Bertz CT molecular complexity index is 767. The molecule has 0 saturated carbocycles. The molecule has 0 radical (unpaired) electrons. The SMILES string of the molecule is COCCCCSc1cc[nH]c(=O)c1C.COCCCCSc1cc[nH]c(=S)c1C. The number of thioether (sulfide) groups is 2. The summed E-state index contributed by atoms with van der Waals surface area (Å²) in [7, 11) is 3.46. The summed E-state index contributed by atoms with van der Waals surface area (Å²) in [5, 5.41) is 0. The smallest absolute Gasteiger partial charge is 0.251 e. The van der Waals surface area contributed by atoms with Gasteiger partial charge in [-0.3, -0.25) is 4.79 Å². The molecule has 0 unspecified atom stereocenters. The Morgan fingerprint density at radius 2 is 1.33 bits per heavy atom. The van der Waals surface area contributed by atoms with Crippen molar-refractivity contribution in [3.63, 3.8) is 0 Å². The third-order valence-corrected chi connectivity index (χ3v) is 7.24. The molecule has 0 aromatic carbocycles. The standard InChI is InChI=1S/C11H17NO2S.C11H17NOS2/c1-9-10(5-6-12-11(9)13)15-8-4-3-7-14-2;1-9-10(5-6-12-11(9)14)15-8-4-3-7-13-2/h5-6H,3-4,7-8H2,1-2H3,(H,12,13);5-6H,3-4,7-8H2,1-2H3,(H,12,14). The van der Waals surface area contributed by atoms with Crippen molar-refractivity contribution in [2.45, 2.75) is 49.3 Å². The topological polar surface area (TPSA) is 67.1 Å². The molecule has 0 atom stereocenters. The van der Waals surface area contributed by atoms with E-state index in [2.05, 4.69) is 23.0 Å². The van der Waals surface area contributed by atoms with Crippen LogP contribution in [0.3, 0.4) is 0 Å². The zero-order valence-electron chi connectivity index (χ0n) is 18.4. The molecule has 0 aliphatic carbocycles. The van der Waals surface area contributed by atoms with Crippen LogP contribution < -0.4 is 5.56 Å². The van der Waals surface area contributed by atoms with E-state index in [1.54, 1.807) is 32.2 Å². The molecule has 0 spiro atoms. The molecule has 0 fully saturated rings. The molecule has 2 rings (SSSR count). The molecule has 0 aliphatic rings. The molecule has 0 aliphatic heterocycles. The van der Waals surface area contributed by atoms with Crippen LogP contribution in [-0.4, -0.2) is 48.9 Å². The van der Waals surface area contributed by atoms with Gasteiger partial charge in [-0.05, 0) is 68.7 Å². The van der Waals surface area contributed by atoms with Crippen LogP contribution in [0.25, 0.3) is 0 Å². The first-order valence-electron chi connectivity index (χ1n) is 10.1. The molecule has 168 valence electrons. The number of nitrogens with one attached hydrogen (secondary N) is 2. The number of unbranched alkanes of at least 4 members (excludes halogenated alkanes) is 2. The first-order chi connectivity index (χ1) is 14.5. The summed E-state index contributed by atoms with van der Waals surface area (Å²) in [6, 6.07) is 4.05. The quantitative estimate of drug-likeness (QED) is 0.233. The number of H-pyrrole nitrogens is 2. The highest BCUT2D eigenvalue weighted by Gasteiger charge is 2.02. The normalized spacial score (nSPS) is 10.5. The molecule has 2 aromatic rings. The minimum Gasteiger partial charge on any atom is -0.385 e. The van der Waals surface area contributed by atoms with Gasteiger partial charge in [0.25, 0.3) is 5.56 Å². The summed E-state index contributed by atoms with van der Waals surface area (Å²) >= 11 is 8.78. The minimum atomic E-state index is 0.0110. The highest BCUT2D eigenvalue weighted by Crippen LogP contribution is 2.23. The van der Waals surface area contributed by atoms with Gasteiger partial charge in [-0.15, -0.1) is 23.5 Å². The molecule has 2 heterocycles. The molecule has 0 saturated heterocycles. The second kappa shape index (κ2) is 16.6. The molecule has 2 N–H and O–H groups in total. The molecule has 30 heavy (non-hydrogen) atoms. The predicted molar refractivity (Wildman–Crippen MR) is 132 cm³/mol. The Kier molecular flexibility index (Phi) is 14.9. The highest BCUT2D eigenvalue weighted by atomic mass is 32.2. The second-order valence-electron chi connectivity index (χ2n) is 6.69. The molecule has 2 aromatic heterocycles. The van der Waals surface area contributed by atoms with Crippen LogP contribution in [-0.2, 0) is 9.47 Å². The number of methoxy groups -OCH3 is 2. The van der Waals surface area contributed by atoms with E-state index in [9.17, 15) is 4.79 Å². The first-order valence-corrected chi connectivity index (χ1v) is 12.5. The maximum absolute atomic E-state index is 11.3. The van der Waals surface area contributed by atoms with E-state index in [0.717, 1.165) is 59.1 Å². The number of hydrogen-bond donors (Lipinski definition) is 2. The van der Waals surface area contributed by atoms with Crippen molar-refractivity contribution < 1.29 is 9.47 Å². The Hall–Kier alpha value is -1.06. The Morgan fingerprint density at radius 1 is 0.833 bits per heavy atom. The van der Waals surface area contributed by atoms with Crippen molar-refractivity contribution in [2.24, 2.45) is 0 Å².